The van der Waals surface area contributed by atoms with E-state index in [1.54, 1.807) is 25.1 Å². The highest BCUT2D eigenvalue weighted by molar-refractivity contribution is 8.18. The number of amides is 3. The van der Waals surface area contributed by atoms with Crippen molar-refractivity contribution in [3.8, 4) is 17.2 Å². The lowest BCUT2D eigenvalue weighted by Gasteiger charge is -2.14. The number of benzene rings is 3. The smallest absolute Gasteiger partial charge is 0.416 e. The quantitative estimate of drug-likeness (QED) is 0.161. The number of nitrogens with one attached hydrogen (secondary N) is 1. The summed E-state index contributed by atoms with van der Waals surface area (Å²) in [5, 5.41) is 13.4. The molecule has 1 heterocycles. The molecule has 0 unspecified atom stereocenters. The largest absolute Gasteiger partial charge is 0.490 e. The van der Waals surface area contributed by atoms with Gasteiger partial charge in [0.25, 0.3) is 11.1 Å². The van der Waals surface area contributed by atoms with Crippen molar-refractivity contribution in [1.82, 2.24) is 4.90 Å². The topological polar surface area (TPSA) is 128 Å². The SMILES string of the molecule is CCOc1cc(/C=C2/SC(=O)N(CC(=O)Nc3cccc(C)c3)C2=O)ccc1Oc1ccc(C(F)(F)F)cc1[N+](=O)[O-]. The summed E-state index contributed by atoms with van der Waals surface area (Å²) in [5.41, 5.74) is -0.264. The Labute approximate surface area is 241 Å². The van der Waals surface area contributed by atoms with Crippen LogP contribution in [0.4, 0.5) is 29.3 Å². The maximum Gasteiger partial charge on any atom is 0.416 e. The van der Waals surface area contributed by atoms with Gasteiger partial charge in [0, 0.05) is 11.8 Å². The van der Waals surface area contributed by atoms with Crippen molar-refractivity contribution in [3.63, 3.8) is 0 Å². The van der Waals surface area contributed by atoms with Gasteiger partial charge in [0.1, 0.15) is 6.54 Å². The lowest BCUT2D eigenvalue weighted by Crippen LogP contribution is -2.36. The summed E-state index contributed by atoms with van der Waals surface area (Å²) in [6.07, 6.45) is -3.39. The number of aryl methyl sites for hydroxylation is 1. The molecule has 0 atom stereocenters. The van der Waals surface area contributed by atoms with Crippen molar-refractivity contribution in [2.24, 2.45) is 0 Å². The average molecular weight is 602 g/mol. The molecule has 3 aromatic carbocycles. The zero-order valence-corrected chi connectivity index (χ0v) is 22.9. The molecule has 4 rings (SSSR count). The number of carbonyl (C=O) groups excluding carboxylic acids is 3. The van der Waals surface area contributed by atoms with Gasteiger partial charge in [-0.3, -0.25) is 29.4 Å². The van der Waals surface area contributed by atoms with Crippen LogP contribution in [0.1, 0.15) is 23.6 Å². The summed E-state index contributed by atoms with van der Waals surface area (Å²) in [6.45, 7) is 3.16. The third kappa shape index (κ3) is 7.07. The van der Waals surface area contributed by atoms with Crippen molar-refractivity contribution in [3.05, 3.63) is 92.4 Å². The van der Waals surface area contributed by atoms with E-state index in [4.69, 9.17) is 9.47 Å². The zero-order valence-electron chi connectivity index (χ0n) is 22.1. The van der Waals surface area contributed by atoms with Crippen LogP contribution in [0.25, 0.3) is 6.08 Å². The molecule has 0 radical (unpaired) electrons. The molecule has 0 saturated carbocycles. The van der Waals surface area contributed by atoms with E-state index in [-0.39, 0.29) is 23.0 Å². The van der Waals surface area contributed by atoms with E-state index in [1.807, 2.05) is 13.0 Å². The van der Waals surface area contributed by atoms with Crippen molar-refractivity contribution >= 4 is 46.3 Å². The Kier molecular flexibility index (Phi) is 8.85. The number of alkyl halides is 3. The highest BCUT2D eigenvalue weighted by Gasteiger charge is 2.36. The minimum atomic E-state index is -4.79. The Morgan fingerprint density at radius 2 is 1.81 bits per heavy atom. The molecule has 0 aliphatic carbocycles. The van der Waals surface area contributed by atoms with Gasteiger partial charge in [0.15, 0.2) is 11.5 Å². The minimum absolute atomic E-state index is 0.0298. The first-order valence-electron chi connectivity index (χ1n) is 12.3. The predicted octanol–water partition coefficient (Wildman–Crippen LogP) is 6.79. The van der Waals surface area contributed by atoms with Crippen molar-refractivity contribution in [2.75, 3.05) is 18.5 Å². The molecule has 0 spiro atoms. The molecule has 1 aliphatic heterocycles. The van der Waals surface area contributed by atoms with Crippen LogP contribution in [0.15, 0.2) is 65.6 Å². The molecular weight excluding hydrogens is 579 g/mol. The second-order valence-electron chi connectivity index (χ2n) is 8.86. The molecule has 0 bridgehead atoms. The standard InChI is InChI=1S/C28H22F3N3O7S/c1-3-40-23-12-17(7-9-22(23)41-21-10-8-18(28(29,30)31)14-20(21)34(38)39)13-24-26(36)33(27(37)42-24)15-25(35)32-19-6-4-5-16(2)11-19/h4-14H,3,15H2,1-2H3,(H,32,35)/b24-13+. The van der Waals surface area contributed by atoms with Crippen molar-refractivity contribution in [1.29, 1.82) is 0 Å². The normalized spacial score (nSPS) is 14.3. The van der Waals surface area contributed by atoms with Crippen LogP contribution in [0.5, 0.6) is 17.2 Å². The Balaban J connectivity index is 1.54. The van der Waals surface area contributed by atoms with Crippen LogP contribution in [0.3, 0.4) is 0 Å². The number of hydrogen-bond donors (Lipinski definition) is 1. The number of thioether (sulfide) groups is 1. The molecule has 3 aromatic rings. The Morgan fingerprint density at radius 3 is 2.48 bits per heavy atom. The number of nitrogens with zero attached hydrogens (tertiary/aromatic N) is 2. The molecule has 10 nitrogen and oxygen atoms in total. The monoisotopic (exact) mass is 601 g/mol. The summed E-state index contributed by atoms with van der Waals surface area (Å²) in [4.78, 5) is 49.2. The van der Waals surface area contributed by atoms with E-state index in [1.165, 1.54) is 24.3 Å². The van der Waals surface area contributed by atoms with Crippen LogP contribution in [-0.2, 0) is 15.8 Å². The fraction of sp³-hybridized carbons (Fsp3) is 0.179. The maximum atomic E-state index is 13.0. The van der Waals surface area contributed by atoms with Crippen LogP contribution in [0, 0.1) is 17.0 Å². The van der Waals surface area contributed by atoms with Crippen LogP contribution >= 0.6 is 11.8 Å². The number of rotatable bonds is 9. The van der Waals surface area contributed by atoms with Gasteiger partial charge in [-0.1, -0.05) is 18.2 Å². The van der Waals surface area contributed by atoms with E-state index < -0.39 is 51.7 Å². The fourth-order valence-electron chi connectivity index (χ4n) is 3.86. The first-order valence-corrected chi connectivity index (χ1v) is 13.1. The summed E-state index contributed by atoms with van der Waals surface area (Å²) in [5.74, 6) is -1.62. The lowest BCUT2D eigenvalue weighted by molar-refractivity contribution is -0.385. The number of hydrogen-bond acceptors (Lipinski definition) is 8. The summed E-state index contributed by atoms with van der Waals surface area (Å²) in [7, 11) is 0. The lowest BCUT2D eigenvalue weighted by atomic mass is 10.1. The highest BCUT2D eigenvalue weighted by atomic mass is 32.2. The fourth-order valence-corrected chi connectivity index (χ4v) is 4.70. The molecule has 42 heavy (non-hydrogen) atoms. The van der Waals surface area contributed by atoms with E-state index in [2.05, 4.69) is 5.32 Å². The second-order valence-corrected chi connectivity index (χ2v) is 9.86. The number of nitro groups is 1. The maximum absolute atomic E-state index is 13.0. The van der Waals surface area contributed by atoms with Gasteiger partial charge in [-0.15, -0.1) is 0 Å². The number of carbonyl (C=O) groups is 3. The van der Waals surface area contributed by atoms with Crippen LogP contribution < -0.4 is 14.8 Å². The Hall–Kier alpha value is -4.85. The van der Waals surface area contributed by atoms with Gasteiger partial charge < -0.3 is 14.8 Å². The molecule has 14 heteroatoms. The molecule has 1 N–H and O–H groups in total. The van der Waals surface area contributed by atoms with E-state index >= 15 is 0 Å². The first kappa shape index (κ1) is 30.1. The number of halogens is 3. The predicted molar refractivity (Wildman–Crippen MR) is 148 cm³/mol. The number of nitro benzene ring substituents is 1. The molecular formula is C28H22F3N3O7S. The minimum Gasteiger partial charge on any atom is -0.490 e. The third-order valence-electron chi connectivity index (χ3n) is 5.75. The summed E-state index contributed by atoms with van der Waals surface area (Å²) < 4.78 is 50.3. The number of ether oxygens (including phenoxy) is 2. The molecule has 3 amide bonds. The molecule has 1 fully saturated rings. The average Bonchev–Trinajstić information content (AvgIpc) is 3.16. The zero-order chi connectivity index (χ0) is 30.6. The van der Waals surface area contributed by atoms with E-state index in [0.29, 0.717) is 35.1 Å². The van der Waals surface area contributed by atoms with Gasteiger partial charge >= 0.3 is 11.9 Å². The van der Waals surface area contributed by atoms with Crippen molar-refractivity contribution < 1.29 is 42.0 Å². The van der Waals surface area contributed by atoms with Gasteiger partial charge in [-0.05, 0) is 79.2 Å². The Morgan fingerprint density at radius 1 is 1.07 bits per heavy atom. The number of imide groups is 1. The van der Waals surface area contributed by atoms with Crippen LogP contribution in [0.2, 0.25) is 0 Å². The van der Waals surface area contributed by atoms with Crippen molar-refractivity contribution in [2.45, 2.75) is 20.0 Å². The van der Waals surface area contributed by atoms with Gasteiger partial charge in [-0.2, -0.15) is 13.2 Å². The van der Waals surface area contributed by atoms with Gasteiger partial charge in [0.2, 0.25) is 11.7 Å². The third-order valence-corrected chi connectivity index (χ3v) is 6.65. The first-order chi connectivity index (χ1) is 19.8. The second kappa shape index (κ2) is 12.3. The molecule has 218 valence electrons. The summed E-state index contributed by atoms with van der Waals surface area (Å²) in [6, 6.07) is 13.2. The van der Waals surface area contributed by atoms with Crippen LogP contribution in [-0.4, -0.2) is 40.0 Å². The van der Waals surface area contributed by atoms with E-state index in [9.17, 15) is 37.7 Å². The molecule has 1 saturated heterocycles. The van der Waals surface area contributed by atoms with Gasteiger partial charge in [-0.25, -0.2) is 0 Å². The highest BCUT2D eigenvalue weighted by Crippen LogP contribution is 2.41. The Bertz CT molecular complexity index is 1610. The number of anilines is 1. The molecule has 1 aliphatic rings. The molecule has 0 aromatic heterocycles. The van der Waals surface area contributed by atoms with Gasteiger partial charge in [0.05, 0.1) is 22.0 Å². The van der Waals surface area contributed by atoms with E-state index in [0.717, 1.165) is 16.5 Å². The summed E-state index contributed by atoms with van der Waals surface area (Å²) >= 11 is 0.641.